The summed E-state index contributed by atoms with van der Waals surface area (Å²) < 4.78 is 10.8. The van der Waals surface area contributed by atoms with E-state index in [0.717, 1.165) is 28.6 Å². The highest BCUT2D eigenvalue weighted by atomic mass is 32.2. The van der Waals surface area contributed by atoms with E-state index in [0.29, 0.717) is 11.6 Å². The predicted molar refractivity (Wildman–Crippen MR) is 84.5 cm³/mol. The predicted octanol–water partition coefficient (Wildman–Crippen LogP) is 3.47. The number of aromatic nitrogens is 2. The van der Waals surface area contributed by atoms with Gasteiger partial charge in [0.25, 0.3) is 0 Å². The van der Waals surface area contributed by atoms with Crippen molar-refractivity contribution in [3.63, 3.8) is 0 Å². The lowest BCUT2D eigenvalue weighted by molar-refractivity contribution is 0.399. The van der Waals surface area contributed by atoms with Crippen LogP contribution in [0.15, 0.2) is 40.5 Å². The van der Waals surface area contributed by atoms with Gasteiger partial charge in [-0.1, -0.05) is 30.8 Å². The molecule has 0 atom stereocenters. The van der Waals surface area contributed by atoms with Gasteiger partial charge < -0.3 is 14.8 Å². The van der Waals surface area contributed by atoms with Crippen molar-refractivity contribution >= 4 is 17.6 Å². The molecule has 0 radical (unpaired) electrons. The number of nitrogens with one attached hydrogen (secondary N) is 1. The van der Waals surface area contributed by atoms with Crippen molar-refractivity contribution in [2.24, 2.45) is 0 Å². The third-order valence-corrected chi connectivity index (χ3v) is 3.83. The lowest BCUT2D eigenvalue weighted by Gasteiger charge is -2.13. The molecular formula is C15H19N3O2S. The third kappa shape index (κ3) is 3.78. The molecule has 112 valence electrons. The van der Waals surface area contributed by atoms with Gasteiger partial charge in [0.1, 0.15) is 17.1 Å². The Bertz CT molecular complexity index is 593. The summed E-state index contributed by atoms with van der Waals surface area (Å²) in [5, 5.41) is 4.01. The topological polar surface area (TPSA) is 56.3 Å². The molecule has 0 unspecified atom stereocenters. The quantitative estimate of drug-likeness (QED) is 0.791. The Labute approximate surface area is 129 Å². The second-order valence-corrected chi connectivity index (χ2v) is 5.27. The standard InChI is InChI=1S/C15H19N3O2S/c1-4-9-16-14-13(20-3)15(18-10-17-14)21-12-8-6-5-7-11(12)19-2/h5-8,10H,4,9H2,1-3H3,(H,16,17,18). The number of para-hydroxylation sites is 1. The summed E-state index contributed by atoms with van der Waals surface area (Å²) in [4.78, 5) is 9.55. The average Bonchev–Trinajstić information content (AvgIpc) is 2.53. The lowest BCUT2D eigenvalue weighted by atomic mass is 10.3. The van der Waals surface area contributed by atoms with E-state index >= 15 is 0 Å². The van der Waals surface area contributed by atoms with Crippen LogP contribution in [-0.4, -0.2) is 30.7 Å². The molecule has 0 spiro atoms. The van der Waals surface area contributed by atoms with E-state index in [2.05, 4.69) is 22.2 Å². The molecule has 0 saturated carbocycles. The Hall–Kier alpha value is -1.95. The van der Waals surface area contributed by atoms with Crippen LogP contribution < -0.4 is 14.8 Å². The van der Waals surface area contributed by atoms with Crippen LogP contribution in [0.25, 0.3) is 0 Å². The number of ether oxygens (including phenoxy) is 2. The van der Waals surface area contributed by atoms with Gasteiger partial charge in [0, 0.05) is 6.54 Å². The largest absolute Gasteiger partial charge is 0.496 e. The number of hydrogen-bond acceptors (Lipinski definition) is 6. The summed E-state index contributed by atoms with van der Waals surface area (Å²) in [5.74, 6) is 2.18. The molecule has 0 aliphatic rings. The van der Waals surface area contributed by atoms with Crippen LogP contribution in [0.2, 0.25) is 0 Å². The first-order chi connectivity index (χ1) is 10.3. The van der Waals surface area contributed by atoms with Gasteiger partial charge in [0.05, 0.1) is 19.1 Å². The normalized spacial score (nSPS) is 10.2. The molecular weight excluding hydrogens is 286 g/mol. The minimum atomic E-state index is 0.654. The maximum atomic E-state index is 5.47. The average molecular weight is 305 g/mol. The first-order valence-corrected chi connectivity index (χ1v) is 7.55. The second kappa shape index (κ2) is 7.73. The zero-order valence-corrected chi connectivity index (χ0v) is 13.2. The SMILES string of the molecule is CCCNc1ncnc(Sc2ccccc2OC)c1OC. The van der Waals surface area contributed by atoms with Crippen molar-refractivity contribution in [3.05, 3.63) is 30.6 Å². The summed E-state index contributed by atoms with van der Waals surface area (Å²) in [6.07, 6.45) is 2.56. The van der Waals surface area contributed by atoms with Gasteiger partial charge in [-0.25, -0.2) is 9.97 Å². The number of rotatable bonds is 7. The van der Waals surface area contributed by atoms with Crippen molar-refractivity contribution in [1.29, 1.82) is 0 Å². The number of methoxy groups -OCH3 is 2. The third-order valence-electron chi connectivity index (χ3n) is 2.79. The van der Waals surface area contributed by atoms with Gasteiger partial charge in [0.2, 0.25) is 0 Å². The van der Waals surface area contributed by atoms with Crippen molar-refractivity contribution in [2.75, 3.05) is 26.1 Å². The molecule has 1 N–H and O–H groups in total. The smallest absolute Gasteiger partial charge is 0.194 e. The minimum absolute atomic E-state index is 0.654. The molecule has 1 heterocycles. The highest BCUT2D eigenvalue weighted by Crippen LogP contribution is 2.40. The van der Waals surface area contributed by atoms with E-state index in [1.807, 2.05) is 24.3 Å². The van der Waals surface area contributed by atoms with Crippen molar-refractivity contribution in [1.82, 2.24) is 9.97 Å². The Morgan fingerprint density at radius 2 is 1.95 bits per heavy atom. The molecule has 1 aromatic heterocycles. The lowest BCUT2D eigenvalue weighted by Crippen LogP contribution is -2.05. The van der Waals surface area contributed by atoms with Gasteiger partial charge in [-0.05, 0) is 18.6 Å². The molecule has 0 amide bonds. The molecule has 5 nitrogen and oxygen atoms in total. The molecule has 6 heteroatoms. The van der Waals surface area contributed by atoms with Crippen LogP contribution in [-0.2, 0) is 0 Å². The van der Waals surface area contributed by atoms with Crippen LogP contribution in [0.1, 0.15) is 13.3 Å². The monoisotopic (exact) mass is 305 g/mol. The highest BCUT2D eigenvalue weighted by Gasteiger charge is 2.14. The van der Waals surface area contributed by atoms with E-state index in [-0.39, 0.29) is 0 Å². The summed E-state index contributed by atoms with van der Waals surface area (Å²) in [6.45, 7) is 2.94. The van der Waals surface area contributed by atoms with Crippen molar-refractivity contribution in [3.8, 4) is 11.5 Å². The molecule has 0 aliphatic heterocycles. The fourth-order valence-corrected chi connectivity index (χ4v) is 2.77. The van der Waals surface area contributed by atoms with Gasteiger partial charge in [-0.3, -0.25) is 0 Å². The van der Waals surface area contributed by atoms with Crippen LogP contribution in [0, 0.1) is 0 Å². The first kappa shape index (κ1) is 15.4. The molecule has 21 heavy (non-hydrogen) atoms. The van der Waals surface area contributed by atoms with Crippen molar-refractivity contribution in [2.45, 2.75) is 23.3 Å². The Morgan fingerprint density at radius 3 is 2.67 bits per heavy atom. The number of hydrogen-bond donors (Lipinski definition) is 1. The van der Waals surface area contributed by atoms with Gasteiger partial charge in [-0.2, -0.15) is 0 Å². The highest BCUT2D eigenvalue weighted by molar-refractivity contribution is 7.99. The Kier molecular flexibility index (Phi) is 5.68. The zero-order chi connectivity index (χ0) is 15.1. The fourth-order valence-electron chi connectivity index (χ4n) is 1.79. The van der Waals surface area contributed by atoms with E-state index in [4.69, 9.17) is 9.47 Å². The van der Waals surface area contributed by atoms with E-state index < -0.39 is 0 Å². The molecule has 1 aromatic carbocycles. The van der Waals surface area contributed by atoms with Crippen LogP contribution in [0.5, 0.6) is 11.5 Å². The van der Waals surface area contributed by atoms with Gasteiger partial charge >= 0.3 is 0 Å². The van der Waals surface area contributed by atoms with E-state index in [1.165, 1.54) is 18.1 Å². The maximum absolute atomic E-state index is 5.47. The molecule has 2 rings (SSSR count). The number of benzene rings is 1. The Morgan fingerprint density at radius 1 is 1.14 bits per heavy atom. The fraction of sp³-hybridized carbons (Fsp3) is 0.333. The van der Waals surface area contributed by atoms with Crippen LogP contribution >= 0.6 is 11.8 Å². The first-order valence-electron chi connectivity index (χ1n) is 6.73. The molecule has 0 bridgehead atoms. The molecule has 2 aromatic rings. The molecule has 0 fully saturated rings. The Balaban J connectivity index is 2.31. The van der Waals surface area contributed by atoms with Crippen LogP contribution in [0.4, 0.5) is 5.82 Å². The van der Waals surface area contributed by atoms with Gasteiger partial charge in [-0.15, -0.1) is 0 Å². The van der Waals surface area contributed by atoms with E-state index in [9.17, 15) is 0 Å². The molecule has 0 saturated heterocycles. The zero-order valence-electron chi connectivity index (χ0n) is 12.4. The molecule has 0 aliphatic carbocycles. The second-order valence-electron chi connectivity index (χ2n) is 4.24. The summed E-state index contributed by atoms with van der Waals surface area (Å²) in [7, 11) is 3.28. The minimum Gasteiger partial charge on any atom is -0.496 e. The number of anilines is 1. The number of nitrogens with zero attached hydrogens (tertiary/aromatic N) is 2. The summed E-state index contributed by atoms with van der Waals surface area (Å²) >= 11 is 1.50. The maximum Gasteiger partial charge on any atom is 0.194 e. The van der Waals surface area contributed by atoms with E-state index in [1.54, 1.807) is 14.2 Å². The van der Waals surface area contributed by atoms with Crippen LogP contribution in [0.3, 0.4) is 0 Å². The summed E-state index contributed by atoms with van der Waals surface area (Å²) in [6, 6.07) is 7.82. The van der Waals surface area contributed by atoms with Gasteiger partial charge in [0.15, 0.2) is 11.6 Å². The summed E-state index contributed by atoms with van der Waals surface area (Å²) in [5.41, 5.74) is 0. The van der Waals surface area contributed by atoms with Crippen molar-refractivity contribution < 1.29 is 9.47 Å².